The molecule has 0 aliphatic heterocycles. The van der Waals surface area contributed by atoms with Gasteiger partial charge in [-0.2, -0.15) is 0 Å². The van der Waals surface area contributed by atoms with E-state index < -0.39 is 0 Å². The monoisotopic (exact) mass is 166 g/mol. The van der Waals surface area contributed by atoms with Gasteiger partial charge in [0.2, 0.25) is 5.91 Å². The van der Waals surface area contributed by atoms with Crippen LogP contribution in [0.2, 0.25) is 0 Å². The predicted octanol–water partition coefficient (Wildman–Crippen LogP) is 0.636. The van der Waals surface area contributed by atoms with E-state index in [9.17, 15) is 4.79 Å². The van der Waals surface area contributed by atoms with E-state index in [2.05, 4.69) is 0 Å². The minimum atomic E-state index is 0.0278. The van der Waals surface area contributed by atoms with E-state index in [1.165, 1.54) is 6.92 Å². The van der Waals surface area contributed by atoms with Crippen molar-refractivity contribution in [3.8, 4) is 0 Å². The Hall–Kier alpha value is -1.09. The van der Waals surface area contributed by atoms with Crippen molar-refractivity contribution in [3.05, 3.63) is 23.9 Å². The predicted molar refractivity (Wildman–Crippen MR) is 48.3 cm³/mol. The Morgan fingerprint density at radius 1 is 1.75 bits per heavy atom. The number of likely N-dealkylation sites (N-methyl/N-ethyl adjacent to an activating group) is 1. The number of amides is 1. The van der Waals surface area contributed by atoms with Crippen molar-refractivity contribution in [2.45, 2.75) is 19.4 Å². The van der Waals surface area contributed by atoms with Gasteiger partial charge in [0, 0.05) is 25.7 Å². The molecule has 0 aromatic heterocycles. The fourth-order valence-corrected chi connectivity index (χ4v) is 1.09. The van der Waals surface area contributed by atoms with Crippen LogP contribution in [0.3, 0.4) is 0 Å². The Morgan fingerprint density at radius 2 is 2.42 bits per heavy atom. The summed E-state index contributed by atoms with van der Waals surface area (Å²) in [4.78, 5) is 12.6. The Labute approximate surface area is 72.5 Å². The number of nitrogens with two attached hydrogens (primary N) is 1. The van der Waals surface area contributed by atoms with Gasteiger partial charge in [-0.3, -0.25) is 4.79 Å². The number of rotatable bonds is 1. The molecule has 1 rings (SSSR count). The maximum Gasteiger partial charge on any atom is 0.223 e. The second-order valence-corrected chi connectivity index (χ2v) is 2.97. The average Bonchev–Trinajstić information content (AvgIpc) is 2.03. The van der Waals surface area contributed by atoms with Gasteiger partial charge in [-0.25, -0.2) is 0 Å². The van der Waals surface area contributed by atoms with E-state index in [-0.39, 0.29) is 11.9 Å². The summed E-state index contributed by atoms with van der Waals surface area (Å²) < 4.78 is 0. The number of hydrogen-bond acceptors (Lipinski definition) is 2. The van der Waals surface area contributed by atoms with Crippen LogP contribution in [-0.4, -0.2) is 23.9 Å². The van der Waals surface area contributed by atoms with Crippen molar-refractivity contribution in [2.75, 3.05) is 7.05 Å². The Morgan fingerprint density at radius 3 is 2.92 bits per heavy atom. The maximum atomic E-state index is 11.0. The molecule has 0 spiro atoms. The first-order chi connectivity index (χ1) is 5.61. The van der Waals surface area contributed by atoms with Crippen molar-refractivity contribution in [1.29, 1.82) is 0 Å². The highest BCUT2D eigenvalue weighted by Gasteiger charge is 2.10. The molecule has 0 heterocycles. The van der Waals surface area contributed by atoms with Crippen LogP contribution in [0, 0.1) is 0 Å². The van der Waals surface area contributed by atoms with Crippen LogP contribution in [0.5, 0.6) is 0 Å². The molecule has 0 bridgehead atoms. The van der Waals surface area contributed by atoms with E-state index in [0.717, 1.165) is 12.1 Å². The summed E-state index contributed by atoms with van der Waals surface area (Å²) >= 11 is 0. The molecule has 1 atom stereocenters. The van der Waals surface area contributed by atoms with Crippen molar-refractivity contribution in [3.63, 3.8) is 0 Å². The first kappa shape index (κ1) is 9.00. The van der Waals surface area contributed by atoms with E-state index in [0.29, 0.717) is 0 Å². The lowest BCUT2D eigenvalue weighted by molar-refractivity contribution is -0.125. The highest BCUT2D eigenvalue weighted by molar-refractivity contribution is 5.75. The third kappa shape index (κ3) is 1.95. The number of nitrogens with zero attached hydrogens (tertiary/aromatic N) is 1. The molecule has 1 aliphatic carbocycles. The lowest BCUT2D eigenvalue weighted by atomic mass is 10.1. The summed E-state index contributed by atoms with van der Waals surface area (Å²) in [5, 5.41) is 0. The molecule has 0 saturated carbocycles. The highest BCUT2D eigenvalue weighted by Crippen LogP contribution is 2.11. The summed E-state index contributed by atoms with van der Waals surface area (Å²) in [6.45, 7) is 1.54. The minimum Gasteiger partial charge on any atom is -0.324 e. The minimum absolute atomic E-state index is 0.0278. The molecule has 1 aliphatic rings. The van der Waals surface area contributed by atoms with Crippen LogP contribution < -0.4 is 5.73 Å². The van der Waals surface area contributed by atoms with Gasteiger partial charge < -0.3 is 10.6 Å². The molecule has 1 amide bonds. The molecule has 1 unspecified atom stereocenters. The highest BCUT2D eigenvalue weighted by atomic mass is 16.2. The van der Waals surface area contributed by atoms with E-state index in [1.54, 1.807) is 11.9 Å². The van der Waals surface area contributed by atoms with E-state index in [1.807, 2.05) is 18.2 Å². The second kappa shape index (κ2) is 3.54. The fraction of sp³-hybridized carbons (Fsp3) is 0.444. The van der Waals surface area contributed by atoms with Crippen molar-refractivity contribution < 1.29 is 4.79 Å². The summed E-state index contributed by atoms with van der Waals surface area (Å²) in [5.41, 5.74) is 6.59. The van der Waals surface area contributed by atoms with Gasteiger partial charge >= 0.3 is 0 Å². The lowest BCUT2D eigenvalue weighted by Crippen LogP contribution is -2.27. The van der Waals surface area contributed by atoms with Crippen LogP contribution >= 0.6 is 0 Å². The van der Waals surface area contributed by atoms with Gasteiger partial charge in [-0.1, -0.05) is 6.08 Å². The zero-order valence-electron chi connectivity index (χ0n) is 7.45. The number of allylic oxidation sites excluding steroid dienone is 1. The molecule has 0 radical (unpaired) electrons. The third-order valence-corrected chi connectivity index (χ3v) is 1.94. The quantitative estimate of drug-likeness (QED) is 0.621. The van der Waals surface area contributed by atoms with Crippen molar-refractivity contribution >= 4 is 5.91 Å². The standard InChI is InChI=1S/C9H14N2O/c1-7(12)11(2)9-5-3-4-8(10)6-9/h3,5-6,8H,4,10H2,1-2H3. The van der Waals surface area contributed by atoms with Gasteiger partial charge in [0.1, 0.15) is 0 Å². The summed E-state index contributed by atoms with van der Waals surface area (Å²) in [7, 11) is 1.75. The molecular weight excluding hydrogens is 152 g/mol. The van der Waals surface area contributed by atoms with Crippen LogP contribution in [0.25, 0.3) is 0 Å². The SMILES string of the molecule is CC(=O)N(C)C1=CC(N)CC=C1. The van der Waals surface area contributed by atoms with Gasteiger partial charge in [-0.15, -0.1) is 0 Å². The second-order valence-electron chi connectivity index (χ2n) is 2.97. The summed E-state index contributed by atoms with van der Waals surface area (Å²) in [6.07, 6.45) is 6.67. The Bertz CT molecular complexity index is 243. The number of hydrogen-bond donors (Lipinski definition) is 1. The number of carbonyl (C=O) groups is 1. The normalized spacial score (nSPS) is 21.9. The Kier molecular flexibility index (Phi) is 2.65. The zero-order chi connectivity index (χ0) is 9.14. The molecule has 12 heavy (non-hydrogen) atoms. The maximum absolute atomic E-state index is 11.0. The first-order valence-corrected chi connectivity index (χ1v) is 3.99. The molecule has 66 valence electrons. The third-order valence-electron chi connectivity index (χ3n) is 1.94. The van der Waals surface area contributed by atoms with E-state index >= 15 is 0 Å². The van der Waals surface area contributed by atoms with Crippen molar-refractivity contribution in [2.24, 2.45) is 5.73 Å². The zero-order valence-corrected chi connectivity index (χ0v) is 7.45. The Balaban J connectivity index is 2.74. The van der Waals surface area contributed by atoms with Crippen molar-refractivity contribution in [1.82, 2.24) is 4.90 Å². The molecule has 3 heteroatoms. The summed E-state index contributed by atoms with van der Waals surface area (Å²) in [5.74, 6) is 0.0278. The van der Waals surface area contributed by atoms with Gasteiger partial charge in [0.25, 0.3) is 0 Å². The van der Waals surface area contributed by atoms with E-state index in [4.69, 9.17) is 5.73 Å². The molecule has 0 saturated heterocycles. The summed E-state index contributed by atoms with van der Waals surface area (Å²) in [6, 6.07) is 0.0480. The van der Waals surface area contributed by atoms with Gasteiger partial charge in [0.15, 0.2) is 0 Å². The number of carbonyl (C=O) groups excluding carboxylic acids is 1. The average molecular weight is 166 g/mol. The lowest BCUT2D eigenvalue weighted by Gasteiger charge is -2.20. The molecule has 0 aromatic rings. The fourth-order valence-electron chi connectivity index (χ4n) is 1.09. The largest absolute Gasteiger partial charge is 0.324 e. The molecule has 0 aromatic carbocycles. The topological polar surface area (TPSA) is 46.3 Å². The van der Waals surface area contributed by atoms with Crippen LogP contribution in [0.15, 0.2) is 23.9 Å². The van der Waals surface area contributed by atoms with Gasteiger partial charge in [0.05, 0.1) is 0 Å². The molecule has 2 N–H and O–H groups in total. The molecular formula is C9H14N2O. The first-order valence-electron chi connectivity index (χ1n) is 3.99. The van der Waals surface area contributed by atoms with Crippen LogP contribution in [0.4, 0.5) is 0 Å². The smallest absolute Gasteiger partial charge is 0.223 e. The molecule has 0 fully saturated rings. The van der Waals surface area contributed by atoms with Gasteiger partial charge in [-0.05, 0) is 18.6 Å². The van der Waals surface area contributed by atoms with Crippen LogP contribution in [0.1, 0.15) is 13.3 Å². The molecule has 3 nitrogen and oxygen atoms in total. The van der Waals surface area contributed by atoms with Crippen LogP contribution in [-0.2, 0) is 4.79 Å².